The second kappa shape index (κ2) is 10.0. The highest BCUT2D eigenvalue weighted by molar-refractivity contribution is 6.32. The number of ether oxygens (including phenoxy) is 4. The Bertz CT molecular complexity index is 885. The van der Waals surface area contributed by atoms with E-state index in [0.29, 0.717) is 37.7 Å². The highest BCUT2D eigenvalue weighted by Crippen LogP contribution is 2.38. The van der Waals surface area contributed by atoms with Crippen LogP contribution in [0.3, 0.4) is 0 Å². The fourth-order valence-electron chi connectivity index (χ4n) is 2.86. The molecule has 0 radical (unpaired) electrons. The zero-order chi connectivity index (χ0) is 20.6. The molecule has 2 aromatic carbocycles. The molecule has 0 spiro atoms. The zero-order valence-corrected chi connectivity index (χ0v) is 16.8. The number of para-hydroxylation sites is 1. The summed E-state index contributed by atoms with van der Waals surface area (Å²) in [4.78, 5) is 24.3. The molecule has 0 aliphatic carbocycles. The first-order valence-corrected chi connectivity index (χ1v) is 9.61. The van der Waals surface area contributed by atoms with Crippen LogP contribution in [0.4, 0.5) is 0 Å². The van der Waals surface area contributed by atoms with Gasteiger partial charge in [-0.1, -0.05) is 29.8 Å². The van der Waals surface area contributed by atoms with Gasteiger partial charge in [-0.2, -0.15) is 0 Å². The maximum atomic E-state index is 12.3. The van der Waals surface area contributed by atoms with Crippen LogP contribution in [-0.2, 0) is 16.0 Å². The normalized spacial score (nSPS) is 12.6. The number of hydrogen-bond donors (Lipinski definition) is 1. The molecule has 0 atom stereocenters. The quantitative estimate of drug-likeness (QED) is 0.694. The first kappa shape index (κ1) is 20.8. The van der Waals surface area contributed by atoms with Gasteiger partial charge in [0.2, 0.25) is 0 Å². The summed E-state index contributed by atoms with van der Waals surface area (Å²) in [6.07, 6.45) is 1.32. The Morgan fingerprint density at radius 1 is 1.17 bits per heavy atom. The Kier molecular flexibility index (Phi) is 7.19. The third-order valence-electron chi connectivity index (χ3n) is 4.28. The van der Waals surface area contributed by atoms with E-state index in [0.717, 1.165) is 17.7 Å². The van der Waals surface area contributed by atoms with Crippen molar-refractivity contribution in [2.24, 2.45) is 0 Å². The summed E-state index contributed by atoms with van der Waals surface area (Å²) in [6, 6.07) is 10.5. The lowest BCUT2D eigenvalue weighted by Crippen LogP contribution is -2.30. The second-order valence-electron chi connectivity index (χ2n) is 6.32. The van der Waals surface area contributed by atoms with E-state index in [1.807, 2.05) is 24.3 Å². The molecule has 0 fully saturated rings. The molecule has 154 valence electrons. The number of hydrogen-bond acceptors (Lipinski definition) is 6. The van der Waals surface area contributed by atoms with E-state index in [4.69, 9.17) is 30.5 Å². The monoisotopic (exact) mass is 419 g/mol. The van der Waals surface area contributed by atoms with E-state index in [-0.39, 0.29) is 10.6 Å². The summed E-state index contributed by atoms with van der Waals surface area (Å²) in [6.45, 7) is 0.964. The largest absolute Gasteiger partial charge is 0.496 e. The van der Waals surface area contributed by atoms with Crippen molar-refractivity contribution in [1.29, 1.82) is 0 Å². The lowest BCUT2D eigenvalue weighted by Gasteiger charge is -2.12. The van der Waals surface area contributed by atoms with E-state index >= 15 is 0 Å². The molecular weight excluding hydrogens is 398 g/mol. The number of amides is 1. The molecule has 0 saturated carbocycles. The van der Waals surface area contributed by atoms with Gasteiger partial charge in [0, 0.05) is 13.0 Å². The number of fused-ring (bicyclic) bond motifs is 1. The predicted molar refractivity (Wildman–Crippen MR) is 107 cm³/mol. The van der Waals surface area contributed by atoms with E-state index in [1.165, 1.54) is 12.1 Å². The molecule has 0 aromatic heterocycles. The molecule has 1 N–H and O–H groups in total. The third-order valence-corrected chi connectivity index (χ3v) is 4.56. The third kappa shape index (κ3) is 5.54. The smallest absolute Gasteiger partial charge is 0.338 e. The first-order valence-electron chi connectivity index (χ1n) is 9.23. The van der Waals surface area contributed by atoms with E-state index in [2.05, 4.69) is 5.32 Å². The van der Waals surface area contributed by atoms with Crippen LogP contribution in [0.2, 0.25) is 5.02 Å². The van der Waals surface area contributed by atoms with Gasteiger partial charge in [-0.25, -0.2) is 4.79 Å². The number of benzene rings is 2. The Hall–Kier alpha value is -2.93. The van der Waals surface area contributed by atoms with Crippen LogP contribution in [0.5, 0.6) is 17.2 Å². The fraction of sp³-hybridized carbons (Fsp3) is 0.333. The van der Waals surface area contributed by atoms with Crippen molar-refractivity contribution < 1.29 is 28.5 Å². The summed E-state index contributed by atoms with van der Waals surface area (Å²) in [5, 5.41) is 2.98. The molecule has 1 aliphatic heterocycles. The van der Waals surface area contributed by atoms with Crippen LogP contribution >= 0.6 is 11.6 Å². The van der Waals surface area contributed by atoms with Crippen LogP contribution < -0.4 is 19.5 Å². The van der Waals surface area contributed by atoms with Gasteiger partial charge >= 0.3 is 5.97 Å². The molecule has 1 aliphatic rings. The Balaban J connectivity index is 1.49. The molecule has 0 bridgehead atoms. The maximum absolute atomic E-state index is 12.3. The Morgan fingerprint density at radius 2 is 1.97 bits per heavy atom. The highest BCUT2D eigenvalue weighted by atomic mass is 35.5. The summed E-state index contributed by atoms with van der Waals surface area (Å²) in [5.74, 6) is 0.508. The van der Waals surface area contributed by atoms with Crippen LogP contribution in [-0.4, -0.2) is 45.4 Å². The second-order valence-corrected chi connectivity index (χ2v) is 6.73. The van der Waals surface area contributed by atoms with Gasteiger partial charge < -0.3 is 24.3 Å². The standard InChI is InChI=1S/C21H22ClNO6/c1-26-17-6-3-2-5-14(17)7-8-23-19(24)13-29-21(25)15-11-16(22)20-18(12-15)27-9-4-10-28-20/h2-3,5-6,11-12H,4,7-10,13H2,1H3,(H,23,24). The molecular formula is C21H22ClNO6. The number of carbonyl (C=O) groups is 2. The van der Waals surface area contributed by atoms with Gasteiger partial charge in [-0.3, -0.25) is 4.79 Å². The van der Waals surface area contributed by atoms with Crippen molar-refractivity contribution >= 4 is 23.5 Å². The van der Waals surface area contributed by atoms with Crippen LogP contribution in [0.25, 0.3) is 0 Å². The van der Waals surface area contributed by atoms with Crippen molar-refractivity contribution in [2.45, 2.75) is 12.8 Å². The molecule has 0 saturated heterocycles. The van der Waals surface area contributed by atoms with Crippen LogP contribution in [0.15, 0.2) is 36.4 Å². The molecule has 1 heterocycles. The Labute approximate surface area is 173 Å². The lowest BCUT2D eigenvalue weighted by atomic mass is 10.1. The first-order chi connectivity index (χ1) is 14.1. The number of methoxy groups -OCH3 is 1. The molecule has 29 heavy (non-hydrogen) atoms. The fourth-order valence-corrected chi connectivity index (χ4v) is 3.13. The van der Waals surface area contributed by atoms with Crippen molar-refractivity contribution in [1.82, 2.24) is 5.32 Å². The topological polar surface area (TPSA) is 83.1 Å². The number of rotatable bonds is 7. The Morgan fingerprint density at radius 3 is 2.79 bits per heavy atom. The predicted octanol–water partition coefficient (Wildman–Crippen LogP) is 3.03. The minimum Gasteiger partial charge on any atom is -0.496 e. The van der Waals surface area contributed by atoms with Gasteiger partial charge in [0.1, 0.15) is 5.75 Å². The number of esters is 1. The summed E-state index contributed by atoms with van der Waals surface area (Å²) in [7, 11) is 1.60. The summed E-state index contributed by atoms with van der Waals surface area (Å²) < 4.78 is 21.4. The highest BCUT2D eigenvalue weighted by Gasteiger charge is 2.19. The van der Waals surface area contributed by atoms with Gasteiger partial charge in [0.25, 0.3) is 5.91 Å². The zero-order valence-electron chi connectivity index (χ0n) is 16.0. The minimum atomic E-state index is -0.664. The lowest BCUT2D eigenvalue weighted by molar-refractivity contribution is -0.124. The molecule has 3 rings (SSSR count). The molecule has 7 nitrogen and oxygen atoms in total. The average Bonchev–Trinajstić information content (AvgIpc) is 2.98. The van der Waals surface area contributed by atoms with Crippen LogP contribution in [0, 0.1) is 0 Å². The van der Waals surface area contributed by atoms with Gasteiger partial charge in [-0.15, -0.1) is 0 Å². The molecule has 8 heteroatoms. The molecule has 0 unspecified atom stereocenters. The van der Waals surface area contributed by atoms with Crippen molar-refractivity contribution in [3.05, 3.63) is 52.5 Å². The van der Waals surface area contributed by atoms with Gasteiger partial charge in [-0.05, 0) is 30.2 Å². The van der Waals surface area contributed by atoms with Crippen molar-refractivity contribution in [2.75, 3.05) is 33.5 Å². The summed E-state index contributed by atoms with van der Waals surface area (Å²) in [5.41, 5.74) is 1.18. The number of halogens is 1. The SMILES string of the molecule is COc1ccccc1CCNC(=O)COC(=O)c1cc(Cl)c2c(c1)OCCCO2. The van der Waals surface area contributed by atoms with E-state index < -0.39 is 18.5 Å². The number of carbonyl (C=O) groups excluding carboxylic acids is 2. The molecule has 1 amide bonds. The van der Waals surface area contributed by atoms with Gasteiger partial charge in [0.05, 0.1) is 30.9 Å². The summed E-state index contributed by atoms with van der Waals surface area (Å²) >= 11 is 6.18. The van der Waals surface area contributed by atoms with Crippen LogP contribution in [0.1, 0.15) is 22.3 Å². The maximum Gasteiger partial charge on any atom is 0.338 e. The van der Waals surface area contributed by atoms with Gasteiger partial charge in [0.15, 0.2) is 18.1 Å². The van der Waals surface area contributed by atoms with Crippen molar-refractivity contribution in [3.63, 3.8) is 0 Å². The number of nitrogens with one attached hydrogen (secondary N) is 1. The average molecular weight is 420 g/mol. The van der Waals surface area contributed by atoms with E-state index in [9.17, 15) is 9.59 Å². The molecule has 2 aromatic rings. The minimum absolute atomic E-state index is 0.195. The van der Waals surface area contributed by atoms with E-state index in [1.54, 1.807) is 7.11 Å². The van der Waals surface area contributed by atoms with Crippen molar-refractivity contribution in [3.8, 4) is 17.2 Å².